The first-order valence-corrected chi connectivity index (χ1v) is 2.87. The van der Waals surface area contributed by atoms with Crippen LogP contribution in [0.25, 0.3) is 0 Å². The molecule has 0 amide bonds. The molecule has 76 valence electrons. The van der Waals surface area contributed by atoms with E-state index < -0.39 is 18.7 Å². The smallest absolute Gasteiger partial charge is 0.269 e. The first-order chi connectivity index (χ1) is 4.83. The lowest BCUT2D eigenvalue weighted by Crippen LogP contribution is -2.02. The monoisotopic (exact) mass is 196 g/mol. The molecule has 0 aliphatic rings. The molecule has 0 radical (unpaired) electrons. The van der Waals surface area contributed by atoms with Crippen molar-refractivity contribution in [2.45, 2.75) is 26.4 Å². The van der Waals surface area contributed by atoms with Crippen LogP contribution >= 0.6 is 0 Å². The molecular formula is C6H10F6. The highest BCUT2D eigenvalue weighted by Gasteiger charge is 2.22. The van der Waals surface area contributed by atoms with Gasteiger partial charge >= 0.3 is 6.18 Å². The average molecular weight is 196 g/mol. The number of hydrogen-bond acceptors (Lipinski definition) is 0. The maximum Gasteiger partial charge on any atom is 0.388 e. The van der Waals surface area contributed by atoms with Crippen molar-refractivity contribution in [3.05, 3.63) is 12.2 Å². The van der Waals surface area contributed by atoms with Gasteiger partial charge in [0.25, 0.3) is 6.08 Å². The molecule has 0 aliphatic heterocycles. The first kappa shape index (κ1) is 17.4. The van der Waals surface area contributed by atoms with E-state index >= 15 is 0 Å². The second kappa shape index (κ2) is 8.42. The zero-order valence-electron chi connectivity index (χ0n) is 6.58. The van der Waals surface area contributed by atoms with Gasteiger partial charge in [0.05, 0.1) is 0 Å². The van der Waals surface area contributed by atoms with Gasteiger partial charge in [-0.2, -0.15) is 22.0 Å². The van der Waals surface area contributed by atoms with Gasteiger partial charge in [0, 0.05) is 6.42 Å². The van der Waals surface area contributed by atoms with Crippen molar-refractivity contribution in [3.63, 3.8) is 0 Å². The zero-order chi connectivity index (χ0) is 9.49. The van der Waals surface area contributed by atoms with E-state index in [1.54, 1.807) is 0 Å². The molecule has 0 aliphatic carbocycles. The molecule has 0 aromatic heterocycles. The van der Waals surface area contributed by atoms with Gasteiger partial charge in [-0.25, -0.2) is 0 Å². The Labute approximate surface area is 66.4 Å². The summed E-state index contributed by atoms with van der Waals surface area (Å²) in [5.41, 5.74) is 0. The first-order valence-electron chi connectivity index (χ1n) is 2.87. The molecule has 0 N–H and O–H groups in total. The van der Waals surface area contributed by atoms with Gasteiger partial charge in [0.1, 0.15) is 0 Å². The molecule has 0 nitrogen and oxygen atoms in total. The van der Waals surface area contributed by atoms with Gasteiger partial charge in [0.15, 0.2) is 0 Å². The Morgan fingerprint density at radius 2 is 1.42 bits per heavy atom. The molecule has 0 heterocycles. The van der Waals surface area contributed by atoms with Crippen LogP contribution in [0.1, 0.15) is 20.3 Å². The Hall–Kier alpha value is -0.680. The van der Waals surface area contributed by atoms with E-state index in [9.17, 15) is 22.0 Å². The summed E-state index contributed by atoms with van der Waals surface area (Å²) < 4.78 is 53.6. The summed E-state index contributed by atoms with van der Waals surface area (Å²) in [7, 11) is 0. The van der Waals surface area contributed by atoms with Crippen molar-refractivity contribution >= 4 is 0 Å². The maximum atomic E-state index is 10.8. The molecule has 0 unspecified atom stereocenters. The highest BCUT2D eigenvalue weighted by atomic mass is 19.4. The van der Waals surface area contributed by atoms with Crippen LogP contribution in [-0.2, 0) is 0 Å². The Balaban J connectivity index is -0.000000126. The van der Waals surface area contributed by atoms with E-state index in [1.807, 2.05) is 0 Å². The molecule has 6 heteroatoms. The predicted molar refractivity (Wildman–Crippen MR) is 34.8 cm³/mol. The summed E-state index contributed by atoms with van der Waals surface area (Å²) in [6, 6.07) is 0. The Morgan fingerprint density at radius 3 is 1.42 bits per heavy atom. The summed E-state index contributed by atoms with van der Waals surface area (Å²) >= 11 is 0. The standard InChI is InChI=1S/C3H5F3.C3H4F2.FH/c1-2-3(4,5)6;1-2-3(4)5;/h2H2,1H3;2H,1H3;1H. The quantitative estimate of drug-likeness (QED) is 0.515. The van der Waals surface area contributed by atoms with Crippen LogP contribution in [0, 0.1) is 0 Å². The van der Waals surface area contributed by atoms with Crippen molar-refractivity contribution in [3.8, 4) is 0 Å². The summed E-state index contributed by atoms with van der Waals surface area (Å²) in [4.78, 5) is 0. The summed E-state index contributed by atoms with van der Waals surface area (Å²) in [5, 5.41) is 0. The van der Waals surface area contributed by atoms with Gasteiger partial charge in [-0.1, -0.05) is 6.92 Å². The Morgan fingerprint density at radius 1 is 1.25 bits per heavy atom. The van der Waals surface area contributed by atoms with Gasteiger partial charge in [-0.3, -0.25) is 4.70 Å². The molecule has 0 aromatic carbocycles. The summed E-state index contributed by atoms with van der Waals surface area (Å²) in [5.74, 6) is 0. The van der Waals surface area contributed by atoms with Crippen LogP contribution < -0.4 is 0 Å². The van der Waals surface area contributed by atoms with Gasteiger partial charge in [-0.15, -0.1) is 0 Å². The minimum absolute atomic E-state index is 0. The lowest BCUT2D eigenvalue weighted by Gasteiger charge is -1.96. The molecule has 0 fully saturated rings. The molecule has 0 aromatic rings. The van der Waals surface area contributed by atoms with Crippen molar-refractivity contribution in [2.24, 2.45) is 0 Å². The van der Waals surface area contributed by atoms with Gasteiger partial charge < -0.3 is 0 Å². The molecule has 12 heavy (non-hydrogen) atoms. The third kappa shape index (κ3) is 34.6. The third-order valence-electron chi connectivity index (χ3n) is 0.619. The minimum atomic E-state index is -3.96. The van der Waals surface area contributed by atoms with E-state index in [-0.39, 0.29) is 4.70 Å². The van der Waals surface area contributed by atoms with Crippen LogP contribution in [0.3, 0.4) is 0 Å². The SMILES string of the molecule is CC=C(F)F.CCC(F)(F)F.F. The number of allylic oxidation sites excluding steroid dienone is 1. The number of rotatable bonds is 0. The number of hydrogen-bond donors (Lipinski definition) is 0. The highest BCUT2D eigenvalue weighted by Crippen LogP contribution is 2.17. The van der Waals surface area contributed by atoms with Crippen LogP contribution in [0.15, 0.2) is 12.2 Å². The third-order valence-corrected chi connectivity index (χ3v) is 0.619. The van der Waals surface area contributed by atoms with E-state index in [4.69, 9.17) is 0 Å². The predicted octanol–water partition coefficient (Wildman–Crippen LogP) is 3.90. The minimum Gasteiger partial charge on any atom is -0.269 e. The fourth-order valence-electron chi connectivity index (χ4n) is 0. The lowest BCUT2D eigenvalue weighted by atomic mass is 10.5. The molecule has 0 rings (SSSR count). The second-order valence-corrected chi connectivity index (χ2v) is 1.55. The van der Waals surface area contributed by atoms with Gasteiger partial charge in [-0.05, 0) is 13.0 Å². The maximum absolute atomic E-state index is 10.8. The van der Waals surface area contributed by atoms with E-state index in [2.05, 4.69) is 0 Å². The van der Waals surface area contributed by atoms with E-state index in [0.717, 1.165) is 13.0 Å². The molecule has 0 atom stereocenters. The summed E-state index contributed by atoms with van der Waals surface area (Å²) in [6.07, 6.45) is -5.56. The van der Waals surface area contributed by atoms with Crippen LogP contribution in [0.2, 0.25) is 0 Å². The topological polar surface area (TPSA) is 0 Å². The number of halogens is 6. The average Bonchev–Trinajstić information content (AvgIpc) is 1.88. The van der Waals surface area contributed by atoms with Crippen LogP contribution in [-0.4, -0.2) is 6.18 Å². The van der Waals surface area contributed by atoms with Crippen molar-refractivity contribution in [1.82, 2.24) is 0 Å². The Kier molecular flexibility index (Phi) is 12.2. The normalized spacial score (nSPS) is 8.92. The molecular weight excluding hydrogens is 186 g/mol. The molecule has 0 saturated carbocycles. The van der Waals surface area contributed by atoms with E-state index in [1.165, 1.54) is 6.92 Å². The largest absolute Gasteiger partial charge is 0.388 e. The van der Waals surface area contributed by atoms with Gasteiger partial charge in [0.2, 0.25) is 0 Å². The fourth-order valence-corrected chi connectivity index (χ4v) is 0. The molecule has 0 bridgehead atoms. The lowest BCUT2D eigenvalue weighted by molar-refractivity contribution is -0.130. The Bertz CT molecular complexity index is 110. The zero-order valence-corrected chi connectivity index (χ0v) is 6.58. The van der Waals surface area contributed by atoms with Crippen molar-refractivity contribution in [1.29, 1.82) is 0 Å². The molecule has 0 saturated heterocycles. The van der Waals surface area contributed by atoms with Crippen LogP contribution in [0.5, 0.6) is 0 Å². The fraction of sp³-hybridized carbons (Fsp3) is 0.667. The van der Waals surface area contributed by atoms with E-state index in [0.29, 0.717) is 0 Å². The summed E-state index contributed by atoms with van der Waals surface area (Å²) in [6.45, 7) is 2.37. The highest BCUT2D eigenvalue weighted by molar-refractivity contribution is 4.72. The van der Waals surface area contributed by atoms with Crippen LogP contribution in [0.4, 0.5) is 26.7 Å². The van der Waals surface area contributed by atoms with Crippen molar-refractivity contribution in [2.75, 3.05) is 0 Å². The molecule has 0 spiro atoms. The second-order valence-electron chi connectivity index (χ2n) is 1.55. The number of alkyl halides is 3. The van der Waals surface area contributed by atoms with Crippen molar-refractivity contribution < 1.29 is 26.7 Å².